The van der Waals surface area contributed by atoms with Gasteiger partial charge in [0.05, 0.1) is 18.9 Å². The Labute approximate surface area is 174 Å². The number of esters is 1. The molecule has 1 amide bonds. The minimum absolute atomic E-state index is 0.407. The number of benzene rings is 1. The van der Waals surface area contributed by atoms with E-state index in [1.807, 2.05) is 13.8 Å². The zero-order chi connectivity index (χ0) is 21.4. The molecule has 0 aliphatic heterocycles. The van der Waals surface area contributed by atoms with Gasteiger partial charge in [0, 0.05) is 30.4 Å². The Balaban J connectivity index is 1.91. The van der Waals surface area contributed by atoms with Crippen molar-refractivity contribution in [2.75, 3.05) is 25.1 Å². The molecule has 1 heterocycles. The van der Waals surface area contributed by atoms with Crippen LogP contribution in [0.3, 0.4) is 0 Å². The second kappa shape index (κ2) is 10.5. The Kier molecular flexibility index (Phi) is 8.09. The fourth-order valence-corrected chi connectivity index (χ4v) is 2.74. The van der Waals surface area contributed by atoms with Crippen LogP contribution >= 0.6 is 11.6 Å². The predicted octanol–water partition coefficient (Wildman–Crippen LogP) is 3.37. The molecular formula is C20H24ClN3O5. The molecule has 156 valence electrons. The van der Waals surface area contributed by atoms with E-state index >= 15 is 0 Å². The molecule has 8 nitrogen and oxygen atoms in total. The number of carbonyl (C=O) groups excluding carboxylic acids is 2. The minimum atomic E-state index is -0.666. The Morgan fingerprint density at radius 1 is 1.21 bits per heavy atom. The largest absolute Gasteiger partial charge is 0.490 e. The van der Waals surface area contributed by atoms with Crippen LogP contribution in [-0.2, 0) is 21.4 Å². The molecule has 0 saturated heterocycles. The van der Waals surface area contributed by atoms with Crippen LogP contribution in [0, 0.1) is 6.92 Å². The number of carbonyl (C=O) groups is 2. The summed E-state index contributed by atoms with van der Waals surface area (Å²) in [5.74, 6) is -0.0285. The third-order valence-corrected chi connectivity index (χ3v) is 4.20. The van der Waals surface area contributed by atoms with Gasteiger partial charge in [-0.2, -0.15) is 5.10 Å². The van der Waals surface area contributed by atoms with Gasteiger partial charge in [-0.25, -0.2) is 4.79 Å². The fourth-order valence-electron chi connectivity index (χ4n) is 2.50. The first-order valence-electron chi connectivity index (χ1n) is 9.09. The summed E-state index contributed by atoms with van der Waals surface area (Å²) in [6.07, 6.45) is 2.71. The van der Waals surface area contributed by atoms with E-state index in [1.165, 1.54) is 16.8 Å². The molecule has 2 rings (SSSR count). The molecule has 9 heteroatoms. The maximum Gasteiger partial charge on any atom is 0.331 e. The van der Waals surface area contributed by atoms with Crippen LogP contribution in [-0.4, -0.2) is 41.5 Å². The lowest BCUT2D eigenvalue weighted by Crippen LogP contribution is -2.20. The number of nitrogens with zero attached hydrogens (tertiary/aromatic N) is 2. The lowest BCUT2D eigenvalue weighted by atomic mass is 10.2. The molecular weight excluding hydrogens is 398 g/mol. The molecule has 1 N–H and O–H groups in total. The van der Waals surface area contributed by atoms with E-state index in [0.717, 1.165) is 0 Å². The number of aromatic nitrogens is 2. The molecule has 0 saturated carbocycles. The average molecular weight is 422 g/mol. The number of rotatable bonds is 9. The molecule has 1 aromatic carbocycles. The van der Waals surface area contributed by atoms with Crippen LogP contribution in [0.25, 0.3) is 6.08 Å². The van der Waals surface area contributed by atoms with Crippen LogP contribution in [0.1, 0.15) is 25.1 Å². The number of halogens is 1. The van der Waals surface area contributed by atoms with Gasteiger partial charge in [-0.15, -0.1) is 0 Å². The number of nitrogens with one attached hydrogen (secondary N) is 1. The molecule has 29 heavy (non-hydrogen) atoms. The topological polar surface area (TPSA) is 91.7 Å². The Hall–Kier alpha value is -3.00. The van der Waals surface area contributed by atoms with E-state index in [2.05, 4.69) is 10.4 Å². The molecule has 0 atom stereocenters. The van der Waals surface area contributed by atoms with Gasteiger partial charge in [0.2, 0.25) is 0 Å². The summed E-state index contributed by atoms with van der Waals surface area (Å²) >= 11 is 6.10. The smallest absolute Gasteiger partial charge is 0.331 e. The standard InChI is InChI=1S/C20H24ClN3O5/c1-5-27-16-9-7-14(11-17(16)28-6-2)22-18(25)12-29-19(26)10-8-15-13(3)23-24(4)20(15)21/h7-11H,5-6,12H2,1-4H3,(H,22,25)/b10-8+. The first-order valence-corrected chi connectivity index (χ1v) is 9.46. The van der Waals surface area contributed by atoms with Crippen LogP contribution in [0.5, 0.6) is 11.5 Å². The Bertz CT molecular complexity index is 908. The van der Waals surface area contributed by atoms with E-state index in [-0.39, 0.29) is 0 Å². The number of amides is 1. The molecule has 0 unspecified atom stereocenters. The number of ether oxygens (including phenoxy) is 3. The number of aryl methyl sites for hydroxylation is 2. The zero-order valence-corrected chi connectivity index (χ0v) is 17.6. The maximum absolute atomic E-state index is 12.1. The summed E-state index contributed by atoms with van der Waals surface area (Å²) in [5, 5.41) is 7.20. The predicted molar refractivity (Wildman–Crippen MR) is 110 cm³/mol. The highest BCUT2D eigenvalue weighted by Crippen LogP contribution is 2.30. The molecule has 0 fully saturated rings. The van der Waals surface area contributed by atoms with Gasteiger partial charge in [-0.3, -0.25) is 9.48 Å². The van der Waals surface area contributed by atoms with Crippen LogP contribution in [0.15, 0.2) is 24.3 Å². The molecule has 0 radical (unpaired) electrons. The molecule has 1 aromatic heterocycles. The van der Waals surface area contributed by atoms with Crippen LogP contribution in [0.2, 0.25) is 5.15 Å². The quantitative estimate of drug-likeness (QED) is 0.493. The van der Waals surface area contributed by atoms with Crippen molar-refractivity contribution >= 4 is 35.2 Å². The molecule has 2 aromatic rings. The van der Waals surface area contributed by atoms with E-state index < -0.39 is 18.5 Å². The molecule has 0 aliphatic carbocycles. The lowest BCUT2D eigenvalue weighted by Gasteiger charge is -2.13. The third kappa shape index (κ3) is 6.25. The van der Waals surface area contributed by atoms with Crippen LogP contribution in [0.4, 0.5) is 5.69 Å². The zero-order valence-electron chi connectivity index (χ0n) is 16.8. The van der Waals surface area contributed by atoms with E-state index in [0.29, 0.717) is 46.8 Å². The lowest BCUT2D eigenvalue weighted by molar-refractivity contribution is -0.142. The monoisotopic (exact) mass is 421 g/mol. The Morgan fingerprint density at radius 3 is 2.52 bits per heavy atom. The van der Waals surface area contributed by atoms with E-state index in [9.17, 15) is 9.59 Å². The highest BCUT2D eigenvalue weighted by molar-refractivity contribution is 6.31. The summed E-state index contributed by atoms with van der Waals surface area (Å²) in [6.45, 7) is 6.03. The Morgan fingerprint density at radius 2 is 1.90 bits per heavy atom. The van der Waals surface area contributed by atoms with Crippen molar-refractivity contribution in [1.82, 2.24) is 9.78 Å². The van der Waals surface area contributed by atoms with Gasteiger partial charge in [0.1, 0.15) is 5.15 Å². The van der Waals surface area contributed by atoms with Crippen molar-refractivity contribution in [1.29, 1.82) is 0 Å². The maximum atomic E-state index is 12.1. The third-order valence-electron chi connectivity index (χ3n) is 3.75. The summed E-state index contributed by atoms with van der Waals surface area (Å²) < 4.78 is 17.5. The van der Waals surface area contributed by atoms with Crippen molar-refractivity contribution in [3.05, 3.63) is 40.7 Å². The molecule has 0 spiro atoms. The van der Waals surface area contributed by atoms with Crippen molar-refractivity contribution in [3.63, 3.8) is 0 Å². The van der Waals surface area contributed by atoms with Crippen molar-refractivity contribution in [2.45, 2.75) is 20.8 Å². The summed E-state index contributed by atoms with van der Waals surface area (Å²) in [4.78, 5) is 23.9. The van der Waals surface area contributed by atoms with Gasteiger partial charge in [0.25, 0.3) is 5.91 Å². The highest BCUT2D eigenvalue weighted by Gasteiger charge is 2.11. The molecule has 0 bridgehead atoms. The number of anilines is 1. The van der Waals surface area contributed by atoms with Gasteiger partial charge in [0.15, 0.2) is 18.1 Å². The van der Waals surface area contributed by atoms with E-state index in [4.69, 9.17) is 25.8 Å². The second-order valence-electron chi connectivity index (χ2n) is 5.93. The average Bonchev–Trinajstić information content (AvgIpc) is 2.92. The summed E-state index contributed by atoms with van der Waals surface area (Å²) in [7, 11) is 1.70. The normalized spacial score (nSPS) is 10.8. The summed E-state index contributed by atoms with van der Waals surface area (Å²) in [5.41, 5.74) is 1.81. The first kappa shape index (κ1) is 22.3. The molecule has 0 aliphatic rings. The van der Waals surface area contributed by atoms with Crippen LogP contribution < -0.4 is 14.8 Å². The fraction of sp³-hybridized carbons (Fsp3) is 0.350. The van der Waals surface area contributed by atoms with Gasteiger partial charge in [-0.05, 0) is 39.0 Å². The van der Waals surface area contributed by atoms with Gasteiger partial charge >= 0.3 is 5.97 Å². The minimum Gasteiger partial charge on any atom is -0.490 e. The van der Waals surface area contributed by atoms with Gasteiger partial charge < -0.3 is 19.5 Å². The number of hydrogen-bond acceptors (Lipinski definition) is 6. The van der Waals surface area contributed by atoms with Crippen molar-refractivity contribution < 1.29 is 23.8 Å². The SMILES string of the molecule is CCOc1ccc(NC(=O)COC(=O)/C=C/c2c(C)nn(C)c2Cl)cc1OCC. The van der Waals surface area contributed by atoms with E-state index in [1.54, 1.807) is 32.2 Å². The summed E-state index contributed by atoms with van der Waals surface area (Å²) in [6, 6.07) is 5.04. The van der Waals surface area contributed by atoms with Crippen molar-refractivity contribution in [3.8, 4) is 11.5 Å². The highest BCUT2D eigenvalue weighted by atomic mass is 35.5. The van der Waals surface area contributed by atoms with Gasteiger partial charge in [-0.1, -0.05) is 11.6 Å². The second-order valence-corrected chi connectivity index (χ2v) is 6.29. The van der Waals surface area contributed by atoms with Crippen molar-refractivity contribution in [2.24, 2.45) is 7.05 Å². The number of hydrogen-bond donors (Lipinski definition) is 1. The first-order chi connectivity index (χ1) is 13.8.